The second-order valence-corrected chi connectivity index (χ2v) is 3.84. The van der Waals surface area contributed by atoms with Crippen LogP contribution in [0.5, 0.6) is 5.75 Å². The van der Waals surface area contributed by atoms with Crippen molar-refractivity contribution < 1.29 is 9.53 Å². The van der Waals surface area contributed by atoms with Crippen molar-refractivity contribution in [2.24, 2.45) is 7.05 Å². The summed E-state index contributed by atoms with van der Waals surface area (Å²) >= 11 is 0. The molecule has 1 aromatic heterocycles. The third-order valence-electron chi connectivity index (χ3n) is 2.68. The Morgan fingerprint density at radius 1 is 1.44 bits per heavy atom. The Kier molecular flexibility index (Phi) is 3.62. The zero-order chi connectivity index (χ0) is 13.0. The van der Waals surface area contributed by atoms with E-state index in [0.717, 1.165) is 5.82 Å². The normalized spacial score (nSPS) is 10.1. The Morgan fingerprint density at radius 2 is 2.22 bits per heavy atom. The first kappa shape index (κ1) is 12.2. The molecule has 0 saturated heterocycles. The van der Waals surface area contributed by atoms with Crippen LogP contribution in [0, 0.1) is 0 Å². The molecule has 0 atom stereocenters. The second-order valence-electron chi connectivity index (χ2n) is 3.84. The van der Waals surface area contributed by atoms with Crippen molar-refractivity contribution in [2.45, 2.75) is 6.54 Å². The van der Waals surface area contributed by atoms with E-state index in [1.54, 1.807) is 31.5 Å². The van der Waals surface area contributed by atoms with E-state index in [4.69, 9.17) is 4.74 Å². The molecule has 0 bridgehead atoms. The molecule has 1 amide bonds. The number of aryl methyl sites for hydroxylation is 1. The number of ether oxygens (including phenoxy) is 1. The molecule has 5 nitrogen and oxygen atoms in total. The third kappa shape index (κ3) is 2.51. The van der Waals surface area contributed by atoms with E-state index in [2.05, 4.69) is 10.3 Å². The monoisotopic (exact) mass is 245 g/mol. The Bertz CT molecular complexity index is 549. The minimum Gasteiger partial charge on any atom is -0.496 e. The van der Waals surface area contributed by atoms with Gasteiger partial charge in [0, 0.05) is 19.4 Å². The maximum atomic E-state index is 12.0. The van der Waals surface area contributed by atoms with E-state index in [1.165, 1.54) is 0 Å². The molecule has 1 heterocycles. The van der Waals surface area contributed by atoms with Crippen molar-refractivity contribution in [3.05, 3.63) is 48.0 Å². The van der Waals surface area contributed by atoms with E-state index in [-0.39, 0.29) is 5.91 Å². The van der Waals surface area contributed by atoms with Crippen LogP contribution < -0.4 is 10.1 Å². The molecule has 2 rings (SSSR count). The summed E-state index contributed by atoms with van der Waals surface area (Å²) in [6.07, 6.45) is 3.54. The van der Waals surface area contributed by atoms with E-state index >= 15 is 0 Å². The molecule has 94 valence electrons. The topological polar surface area (TPSA) is 56.1 Å². The highest BCUT2D eigenvalue weighted by molar-refractivity contribution is 5.96. The van der Waals surface area contributed by atoms with Gasteiger partial charge in [-0.3, -0.25) is 4.79 Å². The van der Waals surface area contributed by atoms with Crippen LogP contribution in [0.15, 0.2) is 36.7 Å². The van der Waals surface area contributed by atoms with Gasteiger partial charge in [0.25, 0.3) is 5.91 Å². The fourth-order valence-electron chi connectivity index (χ4n) is 1.65. The highest BCUT2D eigenvalue weighted by atomic mass is 16.5. The lowest BCUT2D eigenvalue weighted by Crippen LogP contribution is -2.24. The minimum atomic E-state index is -0.171. The number of para-hydroxylation sites is 1. The number of amides is 1. The quantitative estimate of drug-likeness (QED) is 0.884. The number of benzene rings is 1. The summed E-state index contributed by atoms with van der Waals surface area (Å²) in [6.45, 7) is 0.389. The maximum Gasteiger partial charge on any atom is 0.255 e. The number of carbonyl (C=O) groups excluding carboxylic acids is 1. The van der Waals surface area contributed by atoms with Crippen LogP contribution in [0.3, 0.4) is 0 Å². The van der Waals surface area contributed by atoms with Crippen LogP contribution in [0.25, 0.3) is 0 Å². The zero-order valence-electron chi connectivity index (χ0n) is 10.4. The molecule has 0 radical (unpaired) electrons. The number of carbonyl (C=O) groups is 1. The number of rotatable bonds is 4. The molecule has 0 aliphatic rings. The van der Waals surface area contributed by atoms with Gasteiger partial charge in [0.2, 0.25) is 0 Å². The second kappa shape index (κ2) is 5.35. The first-order valence-electron chi connectivity index (χ1n) is 5.60. The summed E-state index contributed by atoms with van der Waals surface area (Å²) in [5, 5.41) is 2.81. The number of hydrogen-bond donors (Lipinski definition) is 1. The SMILES string of the molecule is COc1ccccc1C(=O)NCc1nccn1C. The number of aromatic nitrogens is 2. The molecule has 18 heavy (non-hydrogen) atoms. The summed E-state index contributed by atoms with van der Waals surface area (Å²) in [5.41, 5.74) is 0.522. The van der Waals surface area contributed by atoms with Crippen molar-refractivity contribution in [2.75, 3.05) is 7.11 Å². The highest BCUT2D eigenvalue weighted by Crippen LogP contribution is 2.16. The van der Waals surface area contributed by atoms with Gasteiger partial charge in [-0.1, -0.05) is 12.1 Å². The predicted molar refractivity (Wildman–Crippen MR) is 67.4 cm³/mol. The smallest absolute Gasteiger partial charge is 0.255 e. The van der Waals surface area contributed by atoms with Gasteiger partial charge in [-0.15, -0.1) is 0 Å². The van der Waals surface area contributed by atoms with Crippen molar-refractivity contribution in [3.8, 4) is 5.75 Å². The molecular weight excluding hydrogens is 230 g/mol. The Labute approximate surface area is 105 Å². The van der Waals surface area contributed by atoms with Gasteiger partial charge < -0.3 is 14.6 Å². The minimum absolute atomic E-state index is 0.171. The number of imidazole rings is 1. The summed E-state index contributed by atoms with van der Waals surface area (Å²) in [7, 11) is 3.43. The van der Waals surface area contributed by atoms with Gasteiger partial charge in [-0.25, -0.2) is 4.98 Å². The molecule has 1 aromatic carbocycles. The van der Waals surface area contributed by atoms with Crippen LogP contribution in [-0.4, -0.2) is 22.6 Å². The first-order chi connectivity index (χ1) is 8.72. The summed E-state index contributed by atoms with van der Waals surface area (Å²) < 4.78 is 7.01. The largest absolute Gasteiger partial charge is 0.496 e. The van der Waals surface area contributed by atoms with Gasteiger partial charge in [-0.2, -0.15) is 0 Å². The molecule has 1 N–H and O–H groups in total. The van der Waals surface area contributed by atoms with Crippen LogP contribution in [-0.2, 0) is 13.6 Å². The van der Waals surface area contributed by atoms with Gasteiger partial charge in [-0.05, 0) is 12.1 Å². The lowest BCUT2D eigenvalue weighted by atomic mass is 10.2. The Balaban J connectivity index is 2.06. The van der Waals surface area contributed by atoms with Crippen molar-refractivity contribution in [1.29, 1.82) is 0 Å². The fraction of sp³-hybridized carbons (Fsp3) is 0.231. The molecule has 0 aliphatic carbocycles. The third-order valence-corrected chi connectivity index (χ3v) is 2.68. The van der Waals surface area contributed by atoms with Crippen LogP contribution >= 0.6 is 0 Å². The number of hydrogen-bond acceptors (Lipinski definition) is 3. The molecule has 0 aliphatic heterocycles. The van der Waals surface area contributed by atoms with Crippen molar-refractivity contribution >= 4 is 5.91 Å². The molecular formula is C13H15N3O2. The van der Waals surface area contributed by atoms with Gasteiger partial charge >= 0.3 is 0 Å². The standard InChI is InChI=1S/C13H15N3O2/c1-16-8-7-14-12(16)9-15-13(17)10-5-3-4-6-11(10)18-2/h3-8H,9H2,1-2H3,(H,15,17). The maximum absolute atomic E-state index is 12.0. The molecule has 0 unspecified atom stereocenters. The average molecular weight is 245 g/mol. The van der Waals surface area contributed by atoms with E-state index in [0.29, 0.717) is 17.9 Å². The Morgan fingerprint density at radius 3 is 2.89 bits per heavy atom. The lowest BCUT2D eigenvalue weighted by Gasteiger charge is -2.08. The number of nitrogens with one attached hydrogen (secondary N) is 1. The van der Waals surface area contributed by atoms with E-state index < -0.39 is 0 Å². The van der Waals surface area contributed by atoms with E-state index in [1.807, 2.05) is 23.9 Å². The average Bonchev–Trinajstić information content (AvgIpc) is 2.81. The van der Waals surface area contributed by atoms with Crippen LogP contribution in [0.1, 0.15) is 16.2 Å². The molecule has 0 spiro atoms. The number of methoxy groups -OCH3 is 1. The lowest BCUT2D eigenvalue weighted by molar-refractivity contribution is 0.0946. The summed E-state index contributed by atoms with van der Waals surface area (Å²) in [4.78, 5) is 16.1. The van der Waals surface area contributed by atoms with Gasteiger partial charge in [0.1, 0.15) is 11.6 Å². The molecule has 0 fully saturated rings. The molecule has 2 aromatic rings. The summed E-state index contributed by atoms with van der Waals surface area (Å²) in [5.74, 6) is 1.20. The highest BCUT2D eigenvalue weighted by Gasteiger charge is 2.11. The van der Waals surface area contributed by atoms with Crippen molar-refractivity contribution in [3.63, 3.8) is 0 Å². The van der Waals surface area contributed by atoms with Gasteiger partial charge in [0.15, 0.2) is 0 Å². The predicted octanol–water partition coefficient (Wildman–Crippen LogP) is 1.36. The van der Waals surface area contributed by atoms with Crippen LogP contribution in [0.2, 0.25) is 0 Å². The van der Waals surface area contributed by atoms with E-state index in [9.17, 15) is 4.79 Å². The molecule has 0 saturated carbocycles. The molecule has 5 heteroatoms. The zero-order valence-corrected chi connectivity index (χ0v) is 10.4. The fourth-order valence-corrected chi connectivity index (χ4v) is 1.65. The first-order valence-corrected chi connectivity index (χ1v) is 5.60. The summed E-state index contributed by atoms with van der Waals surface area (Å²) in [6, 6.07) is 7.12. The van der Waals surface area contributed by atoms with Crippen molar-refractivity contribution in [1.82, 2.24) is 14.9 Å². The Hall–Kier alpha value is -2.30. The van der Waals surface area contributed by atoms with Gasteiger partial charge in [0.05, 0.1) is 19.2 Å². The van der Waals surface area contributed by atoms with Crippen LogP contribution in [0.4, 0.5) is 0 Å². The number of nitrogens with zero attached hydrogens (tertiary/aromatic N) is 2.